The number of nitrogens with one attached hydrogen (secondary N) is 3. The Bertz CT molecular complexity index is 4170. The van der Waals surface area contributed by atoms with Gasteiger partial charge in [0.05, 0.1) is 16.8 Å². The molecule has 10 rings (SSSR count). The number of nitrogens with two attached hydrogens (primary N) is 4. The van der Waals surface area contributed by atoms with Crippen LogP contribution < -0.4 is 44.4 Å². The fourth-order valence-electron chi connectivity index (χ4n) is 7.63. The number of hydrogen-bond acceptors (Lipinski definition) is 24. The van der Waals surface area contributed by atoms with E-state index < -0.39 is 57.1 Å². The molecule has 0 unspecified atom stereocenters. The number of aromatic nitrogens is 12. The minimum absolute atomic E-state index is 0.0165. The molecule has 0 spiro atoms. The first-order valence-corrected chi connectivity index (χ1v) is 29.3. The summed E-state index contributed by atoms with van der Waals surface area (Å²) in [5.74, 6) is -1.57. The van der Waals surface area contributed by atoms with E-state index in [1.807, 2.05) is 39.8 Å². The van der Waals surface area contributed by atoms with Crippen molar-refractivity contribution in [1.29, 1.82) is 0 Å². The van der Waals surface area contributed by atoms with Crippen LogP contribution in [0.5, 0.6) is 5.75 Å². The Labute approximate surface area is 537 Å². The van der Waals surface area contributed by atoms with Crippen molar-refractivity contribution < 1.29 is 60.2 Å². The van der Waals surface area contributed by atoms with Crippen molar-refractivity contribution in [3.63, 3.8) is 0 Å². The molecule has 32 nitrogen and oxygen atoms in total. The van der Waals surface area contributed by atoms with Gasteiger partial charge in [-0.05, 0) is 142 Å². The van der Waals surface area contributed by atoms with Gasteiger partial charge in [-0.2, -0.15) is 4.31 Å². The van der Waals surface area contributed by atoms with Gasteiger partial charge >= 0.3 is 23.8 Å². The van der Waals surface area contributed by atoms with E-state index in [2.05, 4.69) is 75.0 Å². The number of ether oxygens (including phenoxy) is 2. The Morgan fingerprint density at radius 1 is 0.628 bits per heavy atom. The average molecular weight is 1340 g/mol. The number of amides is 5. The molecule has 0 radical (unpaired) electrons. The Morgan fingerprint density at radius 2 is 1.10 bits per heavy atom. The minimum atomic E-state index is -4.86. The van der Waals surface area contributed by atoms with E-state index in [1.165, 1.54) is 65.6 Å². The molecule has 0 fully saturated rings. The molecule has 0 saturated heterocycles. The quantitative estimate of drug-likeness (QED) is 0.0398. The van der Waals surface area contributed by atoms with Crippen LogP contribution in [-0.4, -0.2) is 170 Å². The summed E-state index contributed by atoms with van der Waals surface area (Å²) in [7, 11) is -3.91. The van der Waals surface area contributed by atoms with Gasteiger partial charge in [-0.1, -0.05) is 23.4 Å². The maximum Gasteiger partial charge on any atom is 0.573 e. The van der Waals surface area contributed by atoms with E-state index in [9.17, 15) is 55.2 Å². The number of carbonyl (C=O) groups is 5. The number of H-pyrrole nitrogens is 2. The molecule has 0 atom stereocenters. The van der Waals surface area contributed by atoms with Gasteiger partial charge in [0.2, 0.25) is 15.3 Å². The summed E-state index contributed by atoms with van der Waals surface area (Å²) >= 11 is 5.36. The van der Waals surface area contributed by atoms with E-state index in [4.69, 9.17) is 44.5 Å². The number of hydrogen-bond donors (Lipinski definition) is 8. The Balaban J connectivity index is 0.000000217. The molecule has 12 N–H and O–H groups in total. The molecule has 496 valence electrons. The van der Waals surface area contributed by atoms with Crippen molar-refractivity contribution in [2.75, 3.05) is 39.3 Å². The first kappa shape index (κ1) is 73.6. The number of benzene rings is 1. The van der Waals surface area contributed by atoms with Gasteiger partial charge in [-0.15, -0.1) is 13.2 Å². The highest BCUT2D eigenvalue weighted by molar-refractivity contribution is 7.89. The number of carbonyl (C=O) groups excluding carboxylic acids is 5. The monoisotopic (exact) mass is 1340 g/mol. The predicted molar refractivity (Wildman–Crippen MR) is 331 cm³/mol. The molecule has 3 aliphatic rings. The van der Waals surface area contributed by atoms with Crippen LogP contribution in [0, 0.1) is 6.92 Å². The van der Waals surface area contributed by atoms with Crippen molar-refractivity contribution in [3.05, 3.63) is 194 Å². The lowest BCUT2D eigenvalue weighted by atomic mass is 10.1. The van der Waals surface area contributed by atoms with Crippen LogP contribution >= 0.6 is 11.6 Å². The zero-order valence-electron chi connectivity index (χ0n) is 50.4. The molecular weight excluding hydrogens is 1280 g/mol. The van der Waals surface area contributed by atoms with E-state index in [0.717, 1.165) is 66.8 Å². The summed E-state index contributed by atoms with van der Waals surface area (Å²) in [6, 6.07) is 13.0. The normalized spacial score (nSPS) is 13.8. The van der Waals surface area contributed by atoms with Crippen LogP contribution in [-0.2, 0) is 14.8 Å². The molecular formula is C57H62ClF3N20O12S. The maximum absolute atomic E-state index is 12.7. The van der Waals surface area contributed by atoms with Crippen molar-refractivity contribution in [2.45, 2.75) is 63.8 Å². The highest BCUT2D eigenvalue weighted by Crippen LogP contribution is 2.28. The van der Waals surface area contributed by atoms with E-state index >= 15 is 0 Å². The molecule has 0 bridgehead atoms. The molecule has 37 heteroatoms. The van der Waals surface area contributed by atoms with Crippen LogP contribution in [0.3, 0.4) is 0 Å². The molecule has 1 aromatic carbocycles. The molecule has 94 heavy (non-hydrogen) atoms. The Kier molecular flexibility index (Phi) is 27.3. The summed E-state index contributed by atoms with van der Waals surface area (Å²) in [6.45, 7) is 10.1. The first-order valence-electron chi connectivity index (χ1n) is 27.5. The number of sulfonamides is 1. The summed E-state index contributed by atoms with van der Waals surface area (Å²) in [6.07, 6.45) is 11.8. The second-order valence-corrected chi connectivity index (χ2v) is 22.3. The van der Waals surface area contributed by atoms with Gasteiger partial charge < -0.3 is 57.8 Å². The number of halogens is 4. The number of oxime groups is 1. The molecule has 7 aromatic rings. The standard InChI is InChI=1S/C17H15F3N4O4S.C15H20N4O3.C10H12N4O.C5H4ClN3O.C5H5N3O2.C5H6N2O/c18-17(19,20)28-12-1-3-13(4-2-12)29(26,27)24-9-6-11(7-10-24)16-22-8-5-14(23-16)15(21)25;1-15(2,3)22-14(21)19-8-5-10(6-9-19)13-17-7-4-11(18-13)12(16)20;11-9(15)8-3-6-13-10(14-8)7-1-4-12-5-2-7;6-5-8-2-1-3(9-5)4(7)10;9-5-6-2-1-4(8-5)3-7-10;1-4-2-3-6-5(8)7-4/h1-6,8H,7,9-10H2,(H2,21,25);4-5,7H,6,8-9H2,1-3H3,(H2,16,20);1,3,6,12H,2,4-5H2,(H2,11,15);1-2H,(H2,7,10);1-3,10H,(H,6,8,9);2-3H,1H3,(H,6,7,8)/b;;;;7-3+;. The number of aromatic amines is 2. The predicted octanol–water partition coefficient (Wildman–Crippen LogP) is 3.39. The fraction of sp³-hybridized carbons (Fsp3) is 0.263. The van der Waals surface area contributed by atoms with Crippen LogP contribution in [0.25, 0.3) is 16.7 Å². The van der Waals surface area contributed by atoms with Gasteiger partial charge in [0.25, 0.3) is 23.6 Å². The summed E-state index contributed by atoms with van der Waals surface area (Å²) in [5, 5.41) is 14.0. The number of rotatable bonds is 11. The summed E-state index contributed by atoms with van der Waals surface area (Å²) < 4.78 is 72.3. The SMILES string of the molecule is CC(C)(C)OC(=O)N1CC=C(c2nccc(C(N)=O)n2)CC1.Cc1ccnc(=O)[nH]1.NC(=O)c1ccnc(C2=CCN(S(=O)(=O)c3ccc(OC(F)(F)F)cc3)CC2)n1.NC(=O)c1ccnc(C2=CCNCC2)n1.NC(=O)c1ccnc(Cl)n1.O=c1nccc(/C=N/O)[nH]1. The van der Waals surface area contributed by atoms with Gasteiger partial charge in [0.15, 0.2) is 17.5 Å². The molecule has 3 aliphatic heterocycles. The molecule has 9 heterocycles. The van der Waals surface area contributed by atoms with Crippen LogP contribution in [0.2, 0.25) is 5.28 Å². The number of primary amides is 4. The number of nitrogens with zero attached hydrogens (tertiary/aromatic N) is 13. The van der Waals surface area contributed by atoms with Gasteiger partial charge in [0.1, 0.15) is 34.1 Å². The number of alkyl halides is 3. The van der Waals surface area contributed by atoms with Crippen molar-refractivity contribution in [3.8, 4) is 5.75 Å². The lowest BCUT2D eigenvalue weighted by Gasteiger charge is -2.29. The zero-order chi connectivity index (χ0) is 69.2. The fourth-order valence-corrected chi connectivity index (χ4v) is 9.16. The van der Waals surface area contributed by atoms with Crippen molar-refractivity contribution in [2.24, 2.45) is 28.1 Å². The highest BCUT2D eigenvalue weighted by Gasteiger charge is 2.32. The maximum atomic E-state index is 12.7. The average Bonchev–Trinajstić information content (AvgIpc) is 0.843. The van der Waals surface area contributed by atoms with Crippen LogP contribution in [0.15, 0.2) is 136 Å². The van der Waals surface area contributed by atoms with Crippen molar-refractivity contribution >= 4 is 74.3 Å². The molecule has 0 aliphatic carbocycles. The lowest BCUT2D eigenvalue weighted by Crippen LogP contribution is -2.39. The minimum Gasteiger partial charge on any atom is -0.444 e. The van der Waals surface area contributed by atoms with E-state index in [0.29, 0.717) is 42.4 Å². The van der Waals surface area contributed by atoms with E-state index in [-0.39, 0.29) is 70.1 Å². The Morgan fingerprint density at radius 3 is 1.48 bits per heavy atom. The molecule has 6 aromatic heterocycles. The van der Waals surface area contributed by atoms with Crippen molar-refractivity contribution in [1.82, 2.24) is 74.3 Å². The van der Waals surface area contributed by atoms with E-state index in [1.54, 1.807) is 23.2 Å². The van der Waals surface area contributed by atoms with Crippen LogP contribution in [0.1, 0.15) is 111 Å². The first-order chi connectivity index (χ1) is 44.4. The lowest BCUT2D eigenvalue weighted by molar-refractivity contribution is -0.274. The van der Waals surface area contributed by atoms with Gasteiger partial charge in [-0.25, -0.2) is 72.6 Å². The smallest absolute Gasteiger partial charge is 0.444 e. The zero-order valence-corrected chi connectivity index (χ0v) is 52.0. The highest BCUT2D eigenvalue weighted by atomic mass is 35.5. The topological polar surface area (TPSA) is 488 Å². The summed E-state index contributed by atoms with van der Waals surface area (Å²) in [5.41, 5.74) is 23.7. The third kappa shape index (κ3) is 24.9. The summed E-state index contributed by atoms with van der Waals surface area (Å²) in [4.78, 5) is 121. The largest absolute Gasteiger partial charge is 0.573 e. The molecule has 0 saturated carbocycles. The van der Waals surface area contributed by atoms with Gasteiger partial charge in [-0.3, -0.25) is 19.2 Å². The third-order valence-corrected chi connectivity index (χ3v) is 14.0. The second kappa shape index (κ2) is 34.9. The molecule has 5 amide bonds. The van der Waals surface area contributed by atoms with Gasteiger partial charge in [0, 0.05) is 75.6 Å². The van der Waals surface area contributed by atoms with Crippen LogP contribution in [0.4, 0.5) is 18.0 Å². The third-order valence-electron chi connectivity index (χ3n) is 12.0. The second-order valence-electron chi connectivity index (χ2n) is 20.0. The number of aryl methyl sites for hydroxylation is 1. The Hall–Kier alpha value is -11.1.